The Morgan fingerprint density at radius 1 is 1.36 bits per heavy atom. The van der Waals surface area contributed by atoms with Crippen LogP contribution in [0.3, 0.4) is 0 Å². The molecule has 2 aliphatic heterocycles. The van der Waals surface area contributed by atoms with Gasteiger partial charge < -0.3 is 10.1 Å². The topological polar surface area (TPSA) is 103 Å². The highest BCUT2D eigenvalue weighted by Crippen LogP contribution is 2.19. The number of carbonyl (C=O) groups is 2. The van der Waals surface area contributed by atoms with E-state index in [2.05, 4.69) is 25.4 Å². The van der Waals surface area contributed by atoms with Crippen LogP contribution in [-0.4, -0.2) is 75.7 Å². The number of amides is 3. The van der Waals surface area contributed by atoms with E-state index in [1.54, 1.807) is 6.92 Å². The SMILES string of the molecule is Cc1nc(C2CN(CCN3C(=O)NC(C)C3=O)CCO2)n[nH]1. The lowest BCUT2D eigenvalue weighted by Gasteiger charge is -2.32. The second-order valence-electron chi connectivity index (χ2n) is 5.60. The van der Waals surface area contributed by atoms with Gasteiger partial charge in [-0.3, -0.25) is 19.7 Å². The lowest BCUT2D eigenvalue weighted by atomic mass is 10.2. The Morgan fingerprint density at radius 3 is 2.82 bits per heavy atom. The van der Waals surface area contributed by atoms with Gasteiger partial charge in [0.25, 0.3) is 5.91 Å². The van der Waals surface area contributed by atoms with Crippen molar-refractivity contribution in [1.29, 1.82) is 0 Å². The van der Waals surface area contributed by atoms with Crippen LogP contribution in [0.15, 0.2) is 0 Å². The summed E-state index contributed by atoms with van der Waals surface area (Å²) >= 11 is 0. The number of urea groups is 1. The lowest BCUT2D eigenvalue weighted by molar-refractivity contribution is -0.127. The minimum Gasteiger partial charge on any atom is -0.367 e. The van der Waals surface area contributed by atoms with Gasteiger partial charge in [-0.25, -0.2) is 9.78 Å². The van der Waals surface area contributed by atoms with Gasteiger partial charge in [0.1, 0.15) is 18.0 Å². The molecule has 2 atom stereocenters. The van der Waals surface area contributed by atoms with E-state index in [9.17, 15) is 9.59 Å². The van der Waals surface area contributed by atoms with Gasteiger partial charge in [-0.15, -0.1) is 0 Å². The molecule has 0 saturated carbocycles. The van der Waals surface area contributed by atoms with Crippen molar-refractivity contribution in [1.82, 2.24) is 30.3 Å². The molecule has 120 valence electrons. The van der Waals surface area contributed by atoms with Gasteiger partial charge in [0.05, 0.1) is 6.61 Å². The van der Waals surface area contributed by atoms with E-state index in [1.807, 2.05) is 6.92 Å². The van der Waals surface area contributed by atoms with E-state index >= 15 is 0 Å². The minimum atomic E-state index is -0.429. The fourth-order valence-corrected chi connectivity index (χ4v) is 2.68. The van der Waals surface area contributed by atoms with Gasteiger partial charge in [-0.2, -0.15) is 5.10 Å². The first-order chi connectivity index (χ1) is 10.5. The number of imide groups is 1. The van der Waals surface area contributed by atoms with Crippen molar-refractivity contribution in [2.75, 3.05) is 32.8 Å². The number of aromatic amines is 1. The zero-order valence-electron chi connectivity index (χ0n) is 12.7. The fraction of sp³-hybridized carbons (Fsp3) is 0.692. The summed E-state index contributed by atoms with van der Waals surface area (Å²) in [4.78, 5) is 31.3. The van der Waals surface area contributed by atoms with E-state index in [4.69, 9.17) is 4.74 Å². The van der Waals surface area contributed by atoms with Crippen LogP contribution >= 0.6 is 0 Å². The van der Waals surface area contributed by atoms with Gasteiger partial charge in [-0.05, 0) is 13.8 Å². The van der Waals surface area contributed by atoms with E-state index in [1.165, 1.54) is 4.90 Å². The second kappa shape index (κ2) is 6.01. The number of ether oxygens (including phenoxy) is 1. The average Bonchev–Trinajstić information content (AvgIpc) is 3.03. The standard InChI is InChI=1S/C13H20N6O3/c1-8-12(20)19(13(21)14-8)4-3-18-5-6-22-10(7-18)11-15-9(2)16-17-11/h8,10H,3-7H2,1-2H3,(H,14,21)(H,15,16,17). The van der Waals surface area contributed by atoms with Gasteiger partial charge in [0.2, 0.25) is 0 Å². The average molecular weight is 308 g/mol. The fourth-order valence-electron chi connectivity index (χ4n) is 2.68. The Morgan fingerprint density at radius 2 is 2.18 bits per heavy atom. The Bertz CT molecular complexity index is 574. The normalized spacial score (nSPS) is 26.5. The van der Waals surface area contributed by atoms with Crippen molar-refractivity contribution >= 4 is 11.9 Å². The van der Waals surface area contributed by atoms with E-state index < -0.39 is 6.04 Å². The number of nitrogens with zero attached hydrogens (tertiary/aromatic N) is 4. The van der Waals surface area contributed by atoms with E-state index in [-0.39, 0.29) is 18.0 Å². The minimum absolute atomic E-state index is 0.167. The molecule has 2 saturated heterocycles. The summed E-state index contributed by atoms with van der Waals surface area (Å²) in [5.41, 5.74) is 0. The number of H-pyrrole nitrogens is 1. The molecule has 3 amide bonds. The molecule has 0 spiro atoms. The summed E-state index contributed by atoms with van der Waals surface area (Å²) < 4.78 is 5.69. The summed E-state index contributed by atoms with van der Waals surface area (Å²) in [6.07, 6.45) is -0.180. The smallest absolute Gasteiger partial charge is 0.324 e. The third-order valence-electron chi connectivity index (χ3n) is 3.91. The molecule has 9 heteroatoms. The molecule has 0 aliphatic carbocycles. The zero-order chi connectivity index (χ0) is 15.7. The first-order valence-electron chi connectivity index (χ1n) is 7.39. The lowest BCUT2D eigenvalue weighted by Crippen LogP contribution is -2.44. The molecule has 2 N–H and O–H groups in total. The van der Waals surface area contributed by atoms with Crippen LogP contribution in [-0.2, 0) is 9.53 Å². The van der Waals surface area contributed by atoms with E-state index in [0.29, 0.717) is 32.1 Å². The molecule has 1 aromatic heterocycles. The molecule has 0 radical (unpaired) electrons. The molecule has 2 unspecified atom stereocenters. The zero-order valence-corrected chi connectivity index (χ0v) is 12.7. The molecule has 9 nitrogen and oxygen atoms in total. The summed E-state index contributed by atoms with van der Waals surface area (Å²) in [6.45, 7) is 6.53. The maximum Gasteiger partial charge on any atom is 0.324 e. The molecule has 0 aromatic carbocycles. The van der Waals surface area contributed by atoms with Crippen molar-refractivity contribution in [3.63, 3.8) is 0 Å². The van der Waals surface area contributed by atoms with Crippen molar-refractivity contribution in [2.24, 2.45) is 0 Å². The van der Waals surface area contributed by atoms with Crippen LogP contribution in [0.2, 0.25) is 0 Å². The van der Waals surface area contributed by atoms with Crippen molar-refractivity contribution < 1.29 is 14.3 Å². The maximum atomic E-state index is 11.9. The summed E-state index contributed by atoms with van der Waals surface area (Å²) in [6, 6.07) is -0.743. The van der Waals surface area contributed by atoms with Crippen molar-refractivity contribution in [3.8, 4) is 0 Å². The van der Waals surface area contributed by atoms with Gasteiger partial charge in [0, 0.05) is 26.2 Å². The Kier molecular flexibility index (Phi) is 4.08. The third kappa shape index (κ3) is 2.95. The number of aromatic nitrogens is 3. The van der Waals surface area contributed by atoms with Crippen LogP contribution in [0.5, 0.6) is 0 Å². The first kappa shape index (κ1) is 14.9. The predicted octanol–water partition coefficient (Wildman–Crippen LogP) is -0.573. The predicted molar refractivity (Wildman–Crippen MR) is 76.0 cm³/mol. The van der Waals surface area contributed by atoms with Crippen LogP contribution < -0.4 is 5.32 Å². The Balaban J connectivity index is 1.55. The highest BCUT2D eigenvalue weighted by atomic mass is 16.5. The van der Waals surface area contributed by atoms with Crippen molar-refractivity contribution in [3.05, 3.63) is 11.6 Å². The van der Waals surface area contributed by atoms with Gasteiger partial charge in [0.15, 0.2) is 5.82 Å². The molecule has 3 rings (SSSR count). The highest BCUT2D eigenvalue weighted by molar-refractivity contribution is 6.03. The quantitative estimate of drug-likeness (QED) is 0.722. The largest absolute Gasteiger partial charge is 0.367 e. The van der Waals surface area contributed by atoms with Crippen LogP contribution in [0.25, 0.3) is 0 Å². The molecule has 22 heavy (non-hydrogen) atoms. The molecule has 3 heterocycles. The van der Waals surface area contributed by atoms with Crippen LogP contribution in [0, 0.1) is 6.92 Å². The summed E-state index contributed by atoms with van der Waals surface area (Å²) in [5, 5.41) is 9.55. The molecular weight excluding hydrogens is 288 g/mol. The van der Waals surface area contributed by atoms with E-state index in [0.717, 1.165) is 12.4 Å². The number of rotatable bonds is 4. The number of nitrogens with one attached hydrogen (secondary N) is 2. The number of aryl methyl sites for hydroxylation is 1. The number of carbonyl (C=O) groups excluding carboxylic acids is 2. The van der Waals surface area contributed by atoms with Gasteiger partial charge >= 0.3 is 6.03 Å². The van der Waals surface area contributed by atoms with Crippen molar-refractivity contribution in [2.45, 2.75) is 26.0 Å². The second-order valence-corrected chi connectivity index (χ2v) is 5.60. The molecule has 2 fully saturated rings. The number of hydrogen-bond acceptors (Lipinski definition) is 6. The van der Waals surface area contributed by atoms with Crippen LogP contribution in [0.1, 0.15) is 24.7 Å². The molecule has 1 aromatic rings. The highest BCUT2D eigenvalue weighted by Gasteiger charge is 2.35. The van der Waals surface area contributed by atoms with Gasteiger partial charge in [-0.1, -0.05) is 0 Å². The first-order valence-corrected chi connectivity index (χ1v) is 7.39. The maximum absolute atomic E-state index is 11.9. The summed E-state index contributed by atoms with van der Waals surface area (Å²) in [5.74, 6) is 1.23. The molecule has 0 bridgehead atoms. The Hall–Kier alpha value is -2.00. The van der Waals surface area contributed by atoms with Crippen LogP contribution in [0.4, 0.5) is 4.79 Å². The number of morpholine rings is 1. The third-order valence-corrected chi connectivity index (χ3v) is 3.91. The molecular formula is C13H20N6O3. The molecule has 2 aliphatic rings. The number of hydrogen-bond donors (Lipinski definition) is 2. The Labute approximate surface area is 128 Å². The summed E-state index contributed by atoms with van der Waals surface area (Å²) in [7, 11) is 0. The monoisotopic (exact) mass is 308 g/mol.